The number of hydrogen-bond acceptors (Lipinski definition) is 7. The molecule has 1 amide bonds. The maximum absolute atomic E-state index is 13.1. The van der Waals surface area contributed by atoms with Gasteiger partial charge < -0.3 is 19.1 Å². The van der Waals surface area contributed by atoms with Crippen LogP contribution in [0.1, 0.15) is 16.1 Å². The molecule has 9 heteroatoms. The van der Waals surface area contributed by atoms with Crippen molar-refractivity contribution >= 4 is 5.91 Å². The molecular weight excluding hydrogens is 398 g/mol. The van der Waals surface area contributed by atoms with Crippen molar-refractivity contribution in [1.29, 1.82) is 0 Å². The number of rotatable bonds is 4. The van der Waals surface area contributed by atoms with E-state index in [9.17, 15) is 4.79 Å². The average molecular weight is 421 g/mol. The first-order valence-electron chi connectivity index (χ1n) is 10.2. The molecule has 0 radical (unpaired) electrons. The molecule has 31 heavy (non-hydrogen) atoms. The number of aromatic nitrogens is 4. The van der Waals surface area contributed by atoms with Crippen LogP contribution in [0.15, 0.2) is 55.2 Å². The smallest absolute Gasteiger partial charge is 0.254 e. The molecule has 0 bridgehead atoms. The first-order valence-corrected chi connectivity index (χ1v) is 10.2. The molecular formula is C22H23N5O4. The van der Waals surface area contributed by atoms with E-state index in [2.05, 4.69) is 15.2 Å². The molecule has 0 N–H and O–H groups in total. The summed E-state index contributed by atoms with van der Waals surface area (Å²) in [6, 6.07) is 11.2. The zero-order valence-electron chi connectivity index (χ0n) is 17.1. The fourth-order valence-corrected chi connectivity index (χ4v) is 3.84. The molecule has 5 rings (SSSR count). The van der Waals surface area contributed by atoms with Crippen LogP contribution >= 0.6 is 0 Å². The van der Waals surface area contributed by atoms with Crippen LogP contribution in [-0.4, -0.2) is 75.2 Å². The molecule has 0 saturated carbocycles. The third kappa shape index (κ3) is 4.28. The van der Waals surface area contributed by atoms with E-state index >= 15 is 0 Å². The Balaban J connectivity index is 1.21. The second-order valence-corrected chi connectivity index (χ2v) is 7.75. The molecule has 2 aliphatic heterocycles. The van der Waals surface area contributed by atoms with Gasteiger partial charge in [0.25, 0.3) is 5.91 Å². The summed E-state index contributed by atoms with van der Waals surface area (Å²) in [6.07, 6.45) is 4.36. The highest BCUT2D eigenvalue weighted by molar-refractivity contribution is 5.95. The highest BCUT2D eigenvalue weighted by Gasteiger charge is 2.40. The van der Waals surface area contributed by atoms with E-state index in [0.29, 0.717) is 37.6 Å². The van der Waals surface area contributed by atoms with E-state index in [0.717, 1.165) is 11.4 Å². The van der Waals surface area contributed by atoms with Crippen molar-refractivity contribution in [1.82, 2.24) is 24.6 Å². The van der Waals surface area contributed by atoms with E-state index in [4.69, 9.17) is 14.2 Å². The summed E-state index contributed by atoms with van der Waals surface area (Å²) in [5.74, 6) is 0.647. The molecule has 2 fully saturated rings. The summed E-state index contributed by atoms with van der Waals surface area (Å²) in [6.45, 7) is 3.71. The number of fused-ring (bicyclic) bond motifs is 1. The lowest BCUT2D eigenvalue weighted by Crippen LogP contribution is -2.33. The minimum Gasteiger partial charge on any atom is -0.484 e. The minimum atomic E-state index is -0.209. The summed E-state index contributed by atoms with van der Waals surface area (Å²) >= 11 is 0. The molecule has 4 heterocycles. The van der Waals surface area contributed by atoms with Crippen molar-refractivity contribution in [3.8, 4) is 11.4 Å². The third-order valence-corrected chi connectivity index (χ3v) is 5.49. The number of aryl methyl sites for hydroxylation is 1. The molecule has 2 aliphatic rings. The lowest BCUT2D eigenvalue weighted by molar-refractivity contribution is -0.00461. The van der Waals surface area contributed by atoms with Crippen molar-refractivity contribution in [2.45, 2.75) is 25.2 Å². The normalized spacial score (nSPS) is 21.5. The van der Waals surface area contributed by atoms with Crippen molar-refractivity contribution in [3.05, 3.63) is 66.5 Å². The topological polar surface area (TPSA) is 91.6 Å². The van der Waals surface area contributed by atoms with Gasteiger partial charge in [-0.05, 0) is 37.3 Å². The number of benzene rings is 1. The molecule has 0 unspecified atom stereocenters. The molecule has 1 aromatic carbocycles. The highest BCUT2D eigenvalue weighted by atomic mass is 16.6. The largest absolute Gasteiger partial charge is 0.484 e. The maximum atomic E-state index is 13.1. The van der Waals surface area contributed by atoms with Gasteiger partial charge in [0.15, 0.2) is 0 Å². The lowest BCUT2D eigenvalue weighted by Gasteiger charge is -2.20. The van der Waals surface area contributed by atoms with Crippen LogP contribution in [0.5, 0.6) is 5.75 Å². The van der Waals surface area contributed by atoms with Gasteiger partial charge in [0.2, 0.25) is 0 Å². The van der Waals surface area contributed by atoms with Gasteiger partial charge in [-0.25, -0.2) is 0 Å². The number of pyridine rings is 1. The van der Waals surface area contributed by atoms with E-state index < -0.39 is 0 Å². The standard InChI is InChI=1S/C22H23N5O4/c1-15-5-6-18(8-23-15)31-19-11-29-20-9-26(10-21(20)30-12-19)22(28)16-3-2-4-17(7-16)27-13-24-25-14-27/h2-8,13-14,19-21H,9-12H2,1H3/t20-,21-/m0/s1. The second kappa shape index (κ2) is 8.44. The average Bonchev–Trinajstić information content (AvgIpc) is 3.44. The van der Waals surface area contributed by atoms with Gasteiger partial charge in [-0.2, -0.15) is 0 Å². The number of hydrogen-bond donors (Lipinski definition) is 0. The Kier molecular flexibility index (Phi) is 5.35. The van der Waals surface area contributed by atoms with Crippen LogP contribution in [0.4, 0.5) is 0 Å². The van der Waals surface area contributed by atoms with Crippen molar-refractivity contribution < 1.29 is 19.0 Å². The van der Waals surface area contributed by atoms with Gasteiger partial charge in [0.05, 0.1) is 19.4 Å². The lowest BCUT2D eigenvalue weighted by atomic mass is 10.1. The van der Waals surface area contributed by atoms with Gasteiger partial charge >= 0.3 is 0 Å². The Morgan fingerprint density at radius 1 is 1.06 bits per heavy atom. The Morgan fingerprint density at radius 2 is 1.81 bits per heavy atom. The van der Waals surface area contributed by atoms with Crippen molar-refractivity contribution in [2.24, 2.45) is 0 Å². The number of carbonyl (C=O) groups excluding carboxylic acids is 1. The summed E-state index contributed by atoms with van der Waals surface area (Å²) in [4.78, 5) is 19.1. The SMILES string of the molecule is Cc1ccc(OC2CO[C@H]3CN(C(=O)c4cccc(-n5cnnc5)c4)C[C@@H]3OC2)cn1. The number of likely N-dealkylation sites (tertiary alicyclic amines) is 1. The predicted molar refractivity (Wildman–Crippen MR) is 110 cm³/mol. The van der Waals surface area contributed by atoms with Crippen LogP contribution < -0.4 is 4.74 Å². The first-order chi connectivity index (χ1) is 15.2. The predicted octanol–water partition coefficient (Wildman–Crippen LogP) is 1.66. The van der Waals surface area contributed by atoms with Crippen molar-refractivity contribution in [3.63, 3.8) is 0 Å². The quantitative estimate of drug-likeness (QED) is 0.633. The maximum Gasteiger partial charge on any atom is 0.254 e. The number of ether oxygens (including phenoxy) is 3. The van der Waals surface area contributed by atoms with Gasteiger partial charge in [0, 0.05) is 30.0 Å². The monoisotopic (exact) mass is 421 g/mol. The van der Waals surface area contributed by atoms with Gasteiger partial charge in [-0.1, -0.05) is 6.07 Å². The Morgan fingerprint density at radius 3 is 2.48 bits per heavy atom. The fraction of sp³-hybridized carbons (Fsp3) is 0.364. The van der Waals surface area contributed by atoms with Gasteiger partial charge in [-0.15, -0.1) is 10.2 Å². The van der Waals surface area contributed by atoms with E-state index in [1.165, 1.54) is 0 Å². The van der Waals surface area contributed by atoms with Crippen LogP contribution in [0, 0.1) is 6.92 Å². The van der Waals surface area contributed by atoms with E-state index in [1.807, 2.05) is 43.3 Å². The summed E-state index contributed by atoms with van der Waals surface area (Å²) in [5, 5.41) is 7.63. The second-order valence-electron chi connectivity index (χ2n) is 7.75. The third-order valence-electron chi connectivity index (χ3n) is 5.49. The molecule has 0 spiro atoms. The highest BCUT2D eigenvalue weighted by Crippen LogP contribution is 2.24. The molecule has 2 aromatic heterocycles. The number of nitrogens with zero attached hydrogens (tertiary/aromatic N) is 5. The number of amides is 1. The summed E-state index contributed by atoms with van der Waals surface area (Å²) in [7, 11) is 0. The number of carbonyl (C=O) groups is 1. The molecule has 0 aliphatic carbocycles. The summed E-state index contributed by atoms with van der Waals surface area (Å²) in [5.41, 5.74) is 2.38. The molecule has 9 nitrogen and oxygen atoms in total. The van der Waals surface area contributed by atoms with Gasteiger partial charge in [-0.3, -0.25) is 14.3 Å². The molecule has 3 aromatic rings. The van der Waals surface area contributed by atoms with Gasteiger partial charge in [0.1, 0.15) is 36.7 Å². The van der Waals surface area contributed by atoms with Crippen LogP contribution in [0.25, 0.3) is 5.69 Å². The van der Waals surface area contributed by atoms with Crippen LogP contribution in [-0.2, 0) is 9.47 Å². The molecule has 2 atom stereocenters. The molecule has 2 saturated heterocycles. The Hall–Kier alpha value is -3.30. The van der Waals surface area contributed by atoms with Crippen molar-refractivity contribution in [2.75, 3.05) is 26.3 Å². The Labute approximate surface area is 179 Å². The molecule has 160 valence electrons. The Bertz CT molecular complexity index is 1020. The summed E-state index contributed by atoms with van der Waals surface area (Å²) < 4.78 is 19.8. The fourth-order valence-electron chi connectivity index (χ4n) is 3.84. The van der Waals surface area contributed by atoms with Crippen LogP contribution in [0.3, 0.4) is 0 Å². The van der Waals surface area contributed by atoms with E-state index in [-0.39, 0.29) is 24.2 Å². The minimum absolute atomic E-state index is 0.0475. The van der Waals surface area contributed by atoms with Crippen LogP contribution in [0.2, 0.25) is 0 Å². The first kappa shape index (κ1) is 19.7. The van der Waals surface area contributed by atoms with E-state index in [1.54, 1.807) is 28.3 Å². The zero-order valence-corrected chi connectivity index (χ0v) is 17.1. The zero-order chi connectivity index (χ0) is 21.2.